The number of carbonyl (C=O) groups is 2. The highest BCUT2D eigenvalue weighted by Gasteiger charge is 2.21. The molecule has 0 spiro atoms. The van der Waals surface area contributed by atoms with E-state index in [-0.39, 0.29) is 18.0 Å². The number of nitrogens with one attached hydrogen (secondary N) is 1. The van der Waals surface area contributed by atoms with Crippen LogP contribution in [0.3, 0.4) is 0 Å². The van der Waals surface area contributed by atoms with Gasteiger partial charge in [0, 0.05) is 45.4 Å². The number of amides is 3. The first-order chi connectivity index (χ1) is 11.6. The van der Waals surface area contributed by atoms with Crippen molar-refractivity contribution >= 4 is 17.6 Å². The van der Waals surface area contributed by atoms with Gasteiger partial charge in [0.25, 0.3) is 0 Å². The number of carbonyl (C=O) groups excluding carboxylic acids is 2. The number of anilines is 1. The molecule has 0 radical (unpaired) electrons. The number of hydrogen-bond donors (Lipinski definition) is 1. The van der Waals surface area contributed by atoms with E-state index in [1.807, 2.05) is 29.2 Å². The van der Waals surface area contributed by atoms with Crippen molar-refractivity contribution in [3.8, 4) is 0 Å². The van der Waals surface area contributed by atoms with Gasteiger partial charge in [0.15, 0.2) is 0 Å². The number of rotatable bonds is 5. The SMILES string of the molecule is CN(C[C@@H]1CCCO1)C(=O)Nc1cccc(CN2CCCC2=O)c1. The highest BCUT2D eigenvalue weighted by molar-refractivity contribution is 5.89. The summed E-state index contributed by atoms with van der Waals surface area (Å²) in [7, 11) is 1.78. The van der Waals surface area contributed by atoms with Crippen molar-refractivity contribution in [2.24, 2.45) is 0 Å². The van der Waals surface area contributed by atoms with Crippen molar-refractivity contribution < 1.29 is 14.3 Å². The topological polar surface area (TPSA) is 61.9 Å². The van der Waals surface area contributed by atoms with Gasteiger partial charge in [-0.15, -0.1) is 0 Å². The van der Waals surface area contributed by atoms with Crippen LogP contribution in [0.25, 0.3) is 0 Å². The van der Waals surface area contributed by atoms with E-state index in [9.17, 15) is 9.59 Å². The number of hydrogen-bond acceptors (Lipinski definition) is 3. The molecule has 6 heteroatoms. The smallest absolute Gasteiger partial charge is 0.321 e. The molecule has 1 aromatic carbocycles. The fraction of sp³-hybridized carbons (Fsp3) is 0.556. The zero-order valence-electron chi connectivity index (χ0n) is 14.2. The molecule has 6 nitrogen and oxygen atoms in total. The number of nitrogens with zero attached hydrogens (tertiary/aromatic N) is 2. The van der Waals surface area contributed by atoms with Crippen molar-refractivity contribution in [3.63, 3.8) is 0 Å². The summed E-state index contributed by atoms with van der Waals surface area (Å²) in [5, 5.41) is 2.92. The zero-order valence-corrected chi connectivity index (χ0v) is 14.2. The van der Waals surface area contributed by atoms with Crippen LogP contribution in [0.15, 0.2) is 24.3 Å². The van der Waals surface area contributed by atoms with E-state index in [4.69, 9.17) is 4.74 Å². The largest absolute Gasteiger partial charge is 0.376 e. The van der Waals surface area contributed by atoms with Crippen LogP contribution >= 0.6 is 0 Å². The van der Waals surface area contributed by atoms with E-state index in [0.29, 0.717) is 19.5 Å². The first kappa shape index (κ1) is 16.8. The number of likely N-dealkylation sites (tertiary alicyclic amines) is 1. The Hall–Kier alpha value is -2.08. The highest BCUT2D eigenvalue weighted by Crippen LogP contribution is 2.18. The van der Waals surface area contributed by atoms with Crippen molar-refractivity contribution in [2.45, 2.75) is 38.3 Å². The molecule has 2 aliphatic rings. The predicted molar refractivity (Wildman–Crippen MR) is 91.7 cm³/mol. The quantitative estimate of drug-likeness (QED) is 0.901. The fourth-order valence-corrected chi connectivity index (χ4v) is 3.23. The molecule has 0 aliphatic carbocycles. The van der Waals surface area contributed by atoms with Crippen LogP contribution in [0.4, 0.5) is 10.5 Å². The van der Waals surface area contributed by atoms with Gasteiger partial charge in [-0.1, -0.05) is 12.1 Å². The molecular weight excluding hydrogens is 306 g/mol. The maximum absolute atomic E-state index is 12.3. The monoisotopic (exact) mass is 331 g/mol. The summed E-state index contributed by atoms with van der Waals surface area (Å²) in [6.45, 7) is 2.82. The molecule has 2 aliphatic heterocycles. The van der Waals surface area contributed by atoms with E-state index < -0.39 is 0 Å². The molecule has 3 rings (SSSR count). The average molecular weight is 331 g/mol. The molecule has 1 aromatic rings. The standard InChI is InChI=1S/C18H25N3O3/c1-20(13-16-7-4-10-24-16)18(23)19-15-6-2-5-14(11-15)12-21-9-3-8-17(21)22/h2,5-6,11,16H,3-4,7-10,12-13H2,1H3,(H,19,23)/t16-/m0/s1. The molecule has 24 heavy (non-hydrogen) atoms. The second-order valence-corrected chi connectivity index (χ2v) is 6.56. The van der Waals surface area contributed by atoms with Gasteiger partial charge in [0.05, 0.1) is 6.10 Å². The molecule has 2 heterocycles. The first-order valence-electron chi connectivity index (χ1n) is 8.62. The highest BCUT2D eigenvalue weighted by atomic mass is 16.5. The third-order valence-electron chi connectivity index (χ3n) is 4.57. The Bertz CT molecular complexity index is 599. The van der Waals surface area contributed by atoms with Gasteiger partial charge in [0.2, 0.25) is 5.91 Å². The molecule has 130 valence electrons. The van der Waals surface area contributed by atoms with Crippen LogP contribution in [-0.4, -0.2) is 54.6 Å². The van der Waals surface area contributed by atoms with E-state index in [2.05, 4.69) is 5.32 Å². The first-order valence-corrected chi connectivity index (χ1v) is 8.62. The van der Waals surface area contributed by atoms with Gasteiger partial charge in [-0.05, 0) is 37.0 Å². The average Bonchev–Trinajstić information content (AvgIpc) is 3.20. The predicted octanol–water partition coefficient (Wildman–Crippen LogP) is 2.45. The molecular formula is C18H25N3O3. The molecule has 0 bridgehead atoms. The molecule has 3 amide bonds. The van der Waals surface area contributed by atoms with Crippen molar-refractivity contribution in [3.05, 3.63) is 29.8 Å². The normalized spacial score (nSPS) is 20.5. The van der Waals surface area contributed by atoms with Gasteiger partial charge in [-0.25, -0.2) is 4.79 Å². The summed E-state index contributed by atoms with van der Waals surface area (Å²) in [5.41, 5.74) is 1.79. The minimum atomic E-state index is -0.139. The molecule has 0 unspecified atom stereocenters. The maximum Gasteiger partial charge on any atom is 0.321 e. The summed E-state index contributed by atoms with van der Waals surface area (Å²) >= 11 is 0. The molecule has 2 saturated heterocycles. The lowest BCUT2D eigenvalue weighted by molar-refractivity contribution is -0.128. The number of ether oxygens (including phenoxy) is 1. The van der Waals surface area contributed by atoms with Gasteiger partial charge in [-0.2, -0.15) is 0 Å². The molecule has 0 saturated carbocycles. The lowest BCUT2D eigenvalue weighted by Gasteiger charge is -2.21. The van der Waals surface area contributed by atoms with Crippen molar-refractivity contribution in [1.82, 2.24) is 9.80 Å². The Morgan fingerprint density at radius 3 is 3.00 bits per heavy atom. The van der Waals surface area contributed by atoms with Crippen molar-refractivity contribution in [2.75, 3.05) is 32.1 Å². The van der Waals surface area contributed by atoms with Gasteiger partial charge in [0.1, 0.15) is 0 Å². The van der Waals surface area contributed by atoms with Crippen LogP contribution in [0.1, 0.15) is 31.2 Å². The second-order valence-electron chi connectivity index (χ2n) is 6.56. The van der Waals surface area contributed by atoms with Gasteiger partial charge >= 0.3 is 6.03 Å². The lowest BCUT2D eigenvalue weighted by atomic mass is 10.2. The Kier molecular flexibility index (Phi) is 5.35. The van der Waals surface area contributed by atoms with Crippen LogP contribution in [-0.2, 0) is 16.1 Å². The molecule has 1 N–H and O–H groups in total. The van der Waals surface area contributed by atoms with Gasteiger partial charge in [-0.3, -0.25) is 4.79 Å². The van der Waals surface area contributed by atoms with Crippen molar-refractivity contribution in [1.29, 1.82) is 0 Å². The summed E-state index contributed by atoms with van der Waals surface area (Å²) in [6, 6.07) is 7.55. The third kappa shape index (κ3) is 4.26. The van der Waals surface area contributed by atoms with Crippen LogP contribution in [0.2, 0.25) is 0 Å². The molecule has 2 fully saturated rings. The Morgan fingerprint density at radius 1 is 1.42 bits per heavy atom. The van der Waals surface area contributed by atoms with Crippen LogP contribution < -0.4 is 5.32 Å². The molecule has 0 aromatic heterocycles. The fourth-order valence-electron chi connectivity index (χ4n) is 3.23. The summed E-state index contributed by atoms with van der Waals surface area (Å²) in [5.74, 6) is 0.209. The summed E-state index contributed by atoms with van der Waals surface area (Å²) in [4.78, 5) is 27.6. The Labute approximate surface area is 142 Å². The van der Waals surface area contributed by atoms with Gasteiger partial charge < -0.3 is 19.9 Å². The minimum absolute atomic E-state index is 0.139. The van der Waals surface area contributed by atoms with Crippen LogP contribution in [0, 0.1) is 0 Å². The van der Waals surface area contributed by atoms with E-state index >= 15 is 0 Å². The summed E-state index contributed by atoms with van der Waals surface area (Å²) in [6.07, 6.45) is 3.80. The lowest BCUT2D eigenvalue weighted by Crippen LogP contribution is -2.37. The maximum atomic E-state index is 12.3. The van der Waals surface area contributed by atoms with Crippen LogP contribution in [0.5, 0.6) is 0 Å². The van der Waals surface area contributed by atoms with E-state index in [1.165, 1.54) is 0 Å². The summed E-state index contributed by atoms with van der Waals surface area (Å²) < 4.78 is 5.57. The Morgan fingerprint density at radius 2 is 2.29 bits per heavy atom. The van der Waals surface area contributed by atoms with E-state index in [0.717, 1.165) is 43.7 Å². The number of benzene rings is 1. The second kappa shape index (κ2) is 7.66. The minimum Gasteiger partial charge on any atom is -0.376 e. The number of urea groups is 1. The van der Waals surface area contributed by atoms with E-state index in [1.54, 1.807) is 11.9 Å². The third-order valence-corrected chi connectivity index (χ3v) is 4.57. The number of likely N-dealkylation sites (N-methyl/N-ethyl adjacent to an activating group) is 1. The molecule has 1 atom stereocenters. The Balaban J connectivity index is 1.55. The zero-order chi connectivity index (χ0) is 16.9.